The molecular weight excluding hydrogens is 475 g/mol. The molecule has 0 aliphatic carbocycles. The second kappa shape index (κ2) is 9.65. The summed E-state index contributed by atoms with van der Waals surface area (Å²) in [6, 6.07) is 22.4. The van der Waals surface area contributed by atoms with Crippen molar-refractivity contribution in [2.75, 3.05) is 5.32 Å². The molecule has 1 aliphatic heterocycles. The number of fused-ring (bicyclic) bond motifs is 1. The van der Waals surface area contributed by atoms with Crippen LogP contribution in [-0.4, -0.2) is 22.6 Å². The van der Waals surface area contributed by atoms with Gasteiger partial charge in [0, 0.05) is 10.6 Å². The molecule has 0 aromatic heterocycles. The standard InChI is InChI=1S/C25H18Cl2N4O3/c26-17-11-12-18(27)23-21(17)25(34,24(33)29-23)20(15-7-3-1-4-8-15)22(16-9-5-2-6-10-16)31-30-19(32)13-14-28/h1-12,20,34H,13H2,(H,29,33)(H,30,32). The molecule has 1 heterocycles. The first-order valence-electron chi connectivity index (χ1n) is 10.2. The number of nitrogens with zero attached hydrogens (tertiary/aromatic N) is 2. The van der Waals surface area contributed by atoms with Crippen LogP contribution in [0.1, 0.15) is 29.0 Å². The fourth-order valence-electron chi connectivity index (χ4n) is 4.03. The van der Waals surface area contributed by atoms with Crippen molar-refractivity contribution in [3.63, 3.8) is 0 Å². The maximum atomic E-state index is 13.4. The van der Waals surface area contributed by atoms with Crippen molar-refractivity contribution in [2.45, 2.75) is 17.9 Å². The number of aliphatic hydroxyl groups is 1. The van der Waals surface area contributed by atoms with Gasteiger partial charge in [-0.05, 0) is 23.3 Å². The van der Waals surface area contributed by atoms with Gasteiger partial charge >= 0.3 is 0 Å². The number of nitriles is 1. The zero-order valence-corrected chi connectivity index (χ0v) is 19.1. The van der Waals surface area contributed by atoms with Crippen molar-refractivity contribution in [2.24, 2.45) is 5.10 Å². The number of hydrogen-bond acceptors (Lipinski definition) is 5. The molecule has 7 nitrogen and oxygen atoms in total. The third kappa shape index (κ3) is 4.15. The van der Waals surface area contributed by atoms with E-state index >= 15 is 0 Å². The van der Waals surface area contributed by atoms with Crippen LogP contribution >= 0.6 is 23.2 Å². The quantitative estimate of drug-likeness (QED) is 0.350. The third-order valence-electron chi connectivity index (χ3n) is 5.50. The van der Waals surface area contributed by atoms with Gasteiger partial charge in [-0.25, -0.2) is 5.43 Å². The molecular formula is C25H18Cl2N4O3. The molecule has 0 fully saturated rings. The Kier molecular flexibility index (Phi) is 6.66. The minimum absolute atomic E-state index is 0.118. The zero-order valence-electron chi connectivity index (χ0n) is 17.6. The van der Waals surface area contributed by atoms with Crippen molar-refractivity contribution in [1.29, 1.82) is 5.26 Å². The summed E-state index contributed by atoms with van der Waals surface area (Å²) in [4.78, 5) is 25.5. The summed E-state index contributed by atoms with van der Waals surface area (Å²) >= 11 is 12.8. The maximum Gasteiger partial charge on any atom is 0.262 e. The first kappa shape index (κ1) is 23.5. The van der Waals surface area contributed by atoms with Crippen LogP contribution < -0.4 is 10.7 Å². The molecule has 9 heteroatoms. The molecule has 0 spiro atoms. The van der Waals surface area contributed by atoms with Gasteiger partial charge in [0.15, 0.2) is 5.60 Å². The van der Waals surface area contributed by atoms with Crippen LogP contribution in [0.2, 0.25) is 10.0 Å². The topological polar surface area (TPSA) is 115 Å². The van der Waals surface area contributed by atoms with Crippen molar-refractivity contribution < 1.29 is 14.7 Å². The number of carbonyl (C=O) groups is 2. The Morgan fingerprint density at radius 2 is 1.68 bits per heavy atom. The predicted molar refractivity (Wildman–Crippen MR) is 130 cm³/mol. The number of carbonyl (C=O) groups excluding carboxylic acids is 2. The number of anilines is 1. The number of benzene rings is 3. The minimum atomic E-state index is -2.21. The molecule has 0 radical (unpaired) electrons. The third-order valence-corrected chi connectivity index (χ3v) is 6.13. The molecule has 2 amide bonds. The summed E-state index contributed by atoms with van der Waals surface area (Å²) in [5.41, 5.74) is 1.76. The second-order valence-electron chi connectivity index (χ2n) is 7.58. The molecule has 2 atom stereocenters. The Labute approximate surface area is 205 Å². The molecule has 1 aliphatic rings. The summed E-state index contributed by atoms with van der Waals surface area (Å²) in [5, 5.41) is 28.3. The van der Waals surface area contributed by atoms with Crippen LogP contribution in [-0.2, 0) is 15.2 Å². The Bertz CT molecular complexity index is 1320. The van der Waals surface area contributed by atoms with Gasteiger partial charge in [0.2, 0.25) is 0 Å². The molecule has 170 valence electrons. The SMILES string of the molecule is N#CCC(=O)NN=C(c1ccccc1)C(c1ccccc1)C1(O)C(=O)Nc2c(Cl)ccc(Cl)c21. The monoisotopic (exact) mass is 492 g/mol. The number of hydrogen-bond donors (Lipinski definition) is 3. The Hall–Kier alpha value is -3.70. The van der Waals surface area contributed by atoms with Crippen LogP contribution in [0.5, 0.6) is 0 Å². The lowest BCUT2D eigenvalue weighted by Crippen LogP contribution is -2.45. The molecule has 2 unspecified atom stereocenters. The van der Waals surface area contributed by atoms with E-state index in [1.165, 1.54) is 12.1 Å². The van der Waals surface area contributed by atoms with Gasteiger partial charge in [0.1, 0.15) is 6.42 Å². The Morgan fingerprint density at radius 3 is 2.32 bits per heavy atom. The van der Waals surface area contributed by atoms with Crippen LogP contribution in [0.3, 0.4) is 0 Å². The molecule has 0 saturated carbocycles. The number of amides is 2. The average Bonchev–Trinajstić information content (AvgIpc) is 3.12. The summed E-state index contributed by atoms with van der Waals surface area (Å²) in [7, 11) is 0. The summed E-state index contributed by atoms with van der Waals surface area (Å²) in [5.74, 6) is -2.47. The lowest BCUT2D eigenvalue weighted by Gasteiger charge is -2.33. The molecule has 3 aromatic rings. The molecule has 0 saturated heterocycles. The highest BCUT2D eigenvalue weighted by Crippen LogP contribution is 2.51. The van der Waals surface area contributed by atoms with Crippen molar-refractivity contribution >= 4 is 46.4 Å². The van der Waals surface area contributed by atoms with Gasteiger partial charge in [-0.1, -0.05) is 83.9 Å². The smallest absolute Gasteiger partial charge is 0.262 e. The molecule has 0 bridgehead atoms. The van der Waals surface area contributed by atoms with Crippen LogP contribution in [0.15, 0.2) is 77.9 Å². The molecule has 34 heavy (non-hydrogen) atoms. The number of hydrazone groups is 1. The molecule has 4 rings (SSSR count). The van der Waals surface area contributed by atoms with E-state index in [0.717, 1.165) is 0 Å². The maximum absolute atomic E-state index is 13.4. The van der Waals surface area contributed by atoms with Gasteiger partial charge in [-0.2, -0.15) is 10.4 Å². The number of halogens is 2. The highest BCUT2D eigenvalue weighted by atomic mass is 35.5. The van der Waals surface area contributed by atoms with Gasteiger partial charge in [0.25, 0.3) is 11.8 Å². The summed E-state index contributed by atoms with van der Waals surface area (Å²) in [6.45, 7) is 0. The molecule has 3 aromatic carbocycles. The first-order valence-corrected chi connectivity index (χ1v) is 11.0. The van der Waals surface area contributed by atoms with Gasteiger partial charge in [-0.15, -0.1) is 0 Å². The fraction of sp³-hybridized carbons (Fsp3) is 0.120. The van der Waals surface area contributed by atoms with Gasteiger partial charge in [-0.3, -0.25) is 9.59 Å². The van der Waals surface area contributed by atoms with Crippen LogP contribution in [0, 0.1) is 11.3 Å². The van der Waals surface area contributed by atoms with E-state index in [4.69, 9.17) is 28.5 Å². The zero-order chi connectivity index (χ0) is 24.3. The highest BCUT2D eigenvalue weighted by molar-refractivity contribution is 6.38. The van der Waals surface area contributed by atoms with Crippen molar-refractivity contribution in [1.82, 2.24) is 5.43 Å². The minimum Gasteiger partial charge on any atom is -0.374 e. The van der Waals surface area contributed by atoms with E-state index in [9.17, 15) is 14.7 Å². The lowest BCUT2D eigenvalue weighted by atomic mass is 9.73. The van der Waals surface area contributed by atoms with E-state index in [-0.39, 0.29) is 27.0 Å². The number of nitrogens with one attached hydrogen (secondary N) is 2. The summed E-state index contributed by atoms with van der Waals surface area (Å²) < 4.78 is 0. The largest absolute Gasteiger partial charge is 0.374 e. The first-order chi connectivity index (χ1) is 16.4. The van der Waals surface area contributed by atoms with Crippen LogP contribution in [0.25, 0.3) is 0 Å². The second-order valence-corrected chi connectivity index (χ2v) is 8.39. The van der Waals surface area contributed by atoms with E-state index < -0.39 is 29.8 Å². The van der Waals surface area contributed by atoms with Gasteiger partial charge < -0.3 is 10.4 Å². The van der Waals surface area contributed by atoms with Crippen molar-refractivity contribution in [3.8, 4) is 6.07 Å². The van der Waals surface area contributed by atoms with E-state index in [2.05, 4.69) is 15.8 Å². The predicted octanol–water partition coefficient (Wildman–Crippen LogP) is 4.35. The summed E-state index contributed by atoms with van der Waals surface area (Å²) in [6.07, 6.45) is -0.406. The van der Waals surface area contributed by atoms with Crippen LogP contribution in [0.4, 0.5) is 5.69 Å². The lowest BCUT2D eigenvalue weighted by molar-refractivity contribution is -0.134. The highest BCUT2D eigenvalue weighted by Gasteiger charge is 2.55. The normalized spacial score (nSPS) is 17.9. The average molecular weight is 493 g/mol. The van der Waals surface area contributed by atoms with Crippen molar-refractivity contribution in [3.05, 3.63) is 99.5 Å². The number of rotatable bonds is 6. The van der Waals surface area contributed by atoms with E-state index in [1.807, 2.05) is 0 Å². The fourth-order valence-corrected chi connectivity index (χ4v) is 4.53. The van der Waals surface area contributed by atoms with Gasteiger partial charge in [0.05, 0.1) is 28.4 Å². The van der Waals surface area contributed by atoms with E-state index in [0.29, 0.717) is 11.1 Å². The Morgan fingerprint density at radius 1 is 1.06 bits per heavy atom. The Balaban J connectivity index is 2.00. The molecule has 3 N–H and O–H groups in total. The van der Waals surface area contributed by atoms with E-state index in [1.54, 1.807) is 66.7 Å².